The van der Waals surface area contributed by atoms with Gasteiger partial charge in [0.1, 0.15) is 11.5 Å². The highest BCUT2D eigenvalue weighted by molar-refractivity contribution is 5.99. The maximum Gasteiger partial charge on any atom is 0.228 e. The lowest BCUT2D eigenvalue weighted by Crippen LogP contribution is -2.29. The van der Waals surface area contributed by atoms with Crippen molar-refractivity contribution in [3.63, 3.8) is 0 Å². The fraction of sp³-hybridized carbons (Fsp3) is 0.737. The normalized spacial score (nSPS) is 17.5. The molecule has 0 aromatic carbocycles. The number of aliphatic imine (C=N–C) groups is 2. The number of fused-ring (bicyclic) bond motifs is 1. The number of nitrogens with one attached hydrogen (secondary N) is 2. The average Bonchev–Trinajstić information content (AvgIpc) is 2.87. The maximum absolute atomic E-state index is 10.5. The minimum atomic E-state index is -1.03. The Morgan fingerprint density at radius 3 is 2.48 bits per heavy atom. The molecule has 1 aliphatic rings. The van der Waals surface area contributed by atoms with Crippen LogP contribution in [0.5, 0.6) is 0 Å². The quantitative estimate of drug-likeness (QED) is 0.416. The number of guanidine groups is 1. The number of imidazole rings is 1. The van der Waals surface area contributed by atoms with Crippen LogP contribution in [0.2, 0.25) is 0 Å². The largest absolute Gasteiger partial charge is 0.369 e. The molecule has 8 nitrogen and oxygen atoms in total. The van der Waals surface area contributed by atoms with Crippen LogP contribution in [-0.2, 0) is 5.54 Å². The lowest BCUT2D eigenvalue weighted by molar-refractivity contribution is 0.183. The first-order valence-corrected chi connectivity index (χ1v) is 9.49. The third-order valence-electron chi connectivity index (χ3n) is 4.09. The fourth-order valence-corrected chi connectivity index (χ4v) is 2.88. The molecule has 0 bridgehead atoms. The molecule has 3 N–H and O–H groups in total. The number of hydrogen-bond donors (Lipinski definition) is 3. The van der Waals surface area contributed by atoms with E-state index < -0.39 is 6.23 Å². The Morgan fingerprint density at radius 2 is 1.93 bits per heavy atom. The van der Waals surface area contributed by atoms with Crippen molar-refractivity contribution in [2.45, 2.75) is 66.2 Å². The SMILES string of the molecule is CN(C)C=NC1=NC(O)c2nc(NCCCC(C)(C)C)n(C(C)(C)C)c2N1. The van der Waals surface area contributed by atoms with Crippen molar-refractivity contribution in [2.75, 3.05) is 31.3 Å². The van der Waals surface area contributed by atoms with Gasteiger partial charge < -0.3 is 20.6 Å². The van der Waals surface area contributed by atoms with Gasteiger partial charge in [0.25, 0.3) is 0 Å². The van der Waals surface area contributed by atoms with E-state index in [-0.39, 0.29) is 5.54 Å². The van der Waals surface area contributed by atoms with E-state index in [1.54, 1.807) is 6.34 Å². The predicted octanol–water partition coefficient (Wildman–Crippen LogP) is 3.24. The molecule has 1 aliphatic heterocycles. The van der Waals surface area contributed by atoms with Crippen molar-refractivity contribution in [2.24, 2.45) is 15.4 Å². The van der Waals surface area contributed by atoms with E-state index in [1.165, 1.54) is 0 Å². The lowest BCUT2D eigenvalue weighted by Gasteiger charge is -2.28. The van der Waals surface area contributed by atoms with E-state index in [9.17, 15) is 5.11 Å². The van der Waals surface area contributed by atoms with Crippen LogP contribution in [-0.4, -0.2) is 52.5 Å². The monoisotopic (exact) mass is 377 g/mol. The zero-order valence-corrected chi connectivity index (χ0v) is 18.0. The molecule has 1 aromatic rings. The minimum absolute atomic E-state index is 0.229. The summed E-state index contributed by atoms with van der Waals surface area (Å²) in [5.41, 5.74) is 0.602. The predicted molar refractivity (Wildman–Crippen MR) is 113 cm³/mol. The Hall–Kier alpha value is -2.09. The van der Waals surface area contributed by atoms with Crippen LogP contribution in [0, 0.1) is 5.41 Å². The molecule has 0 saturated carbocycles. The zero-order chi connectivity index (χ0) is 20.4. The van der Waals surface area contributed by atoms with Gasteiger partial charge in [-0.2, -0.15) is 0 Å². The van der Waals surface area contributed by atoms with Gasteiger partial charge in [0.05, 0.1) is 6.34 Å². The van der Waals surface area contributed by atoms with Crippen LogP contribution in [0.1, 0.15) is 66.3 Å². The van der Waals surface area contributed by atoms with Crippen molar-refractivity contribution in [1.29, 1.82) is 0 Å². The third-order valence-corrected chi connectivity index (χ3v) is 4.09. The third kappa shape index (κ3) is 5.69. The molecule has 1 aromatic heterocycles. The Kier molecular flexibility index (Phi) is 6.19. The summed E-state index contributed by atoms with van der Waals surface area (Å²) in [7, 11) is 3.77. The lowest BCUT2D eigenvalue weighted by atomic mass is 9.91. The molecule has 0 spiro atoms. The number of aliphatic hydroxyl groups excluding tert-OH is 1. The Balaban J connectivity index is 2.26. The van der Waals surface area contributed by atoms with Gasteiger partial charge in [-0.25, -0.2) is 15.0 Å². The van der Waals surface area contributed by atoms with Crippen molar-refractivity contribution in [1.82, 2.24) is 14.5 Å². The topological polar surface area (TPSA) is 90.1 Å². The van der Waals surface area contributed by atoms with Gasteiger partial charge in [-0.3, -0.25) is 4.57 Å². The fourth-order valence-electron chi connectivity index (χ4n) is 2.88. The molecule has 0 radical (unpaired) electrons. The van der Waals surface area contributed by atoms with Crippen molar-refractivity contribution >= 4 is 24.1 Å². The number of nitrogens with zero attached hydrogens (tertiary/aromatic N) is 5. The van der Waals surface area contributed by atoms with Gasteiger partial charge in [-0.05, 0) is 39.0 Å². The summed E-state index contributed by atoms with van der Waals surface area (Å²) in [5.74, 6) is 1.84. The first kappa shape index (κ1) is 21.2. The Morgan fingerprint density at radius 1 is 1.26 bits per heavy atom. The molecule has 0 fully saturated rings. The standard InChI is InChI=1S/C19H35N7O/c1-18(2,3)10-9-11-20-17-22-13-14(26(17)19(4,5)6)23-16(24-15(13)27)21-12-25(7)8/h12,15,27H,9-11H2,1-8H3,(H,20,22)(H,23,24). The molecule has 2 rings (SSSR count). The summed E-state index contributed by atoms with van der Waals surface area (Å²) < 4.78 is 2.07. The average molecular weight is 378 g/mol. The van der Waals surface area contributed by atoms with E-state index in [0.29, 0.717) is 17.1 Å². The molecule has 1 atom stereocenters. The van der Waals surface area contributed by atoms with Gasteiger partial charge in [0.2, 0.25) is 11.9 Å². The zero-order valence-electron chi connectivity index (χ0n) is 18.0. The molecular weight excluding hydrogens is 342 g/mol. The maximum atomic E-state index is 10.5. The van der Waals surface area contributed by atoms with Crippen molar-refractivity contribution in [3.8, 4) is 0 Å². The van der Waals surface area contributed by atoms with E-state index in [0.717, 1.165) is 31.2 Å². The van der Waals surface area contributed by atoms with Crippen LogP contribution in [0.15, 0.2) is 9.98 Å². The van der Waals surface area contributed by atoms with Crippen molar-refractivity contribution < 1.29 is 5.11 Å². The van der Waals surface area contributed by atoms with Gasteiger partial charge >= 0.3 is 0 Å². The van der Waals surface area contributed by atoms with Crippen LogP contribution in [0.3, 0.4) is 0 Å². The van der Waals surface area contributed by atoms with E-state index in [4.69, 9.17) is 0 Å². The number of aliphatic hydroxyl groups is 1. The summed E-state index contributed by atoms with van der Waals surface area (Å²) in [5, 5.41) is 17.1. The highest BCUT2D eigenvalue weighted by atomic mass is 16.3. The van der Waals surface area contributed by atoms with E-state index in [1.807, 2.05) is 19.0 Å². The van der Waals surface area contributed by atoms with Crippen LogP contribution in [0.4, 0.5) is 11.8 Å². The number of rotatable bonds is 5. The van der Waals surface area contributed by atoms with Gasteiger partial charge in [-0.1, -0.05) is 20.8 Å². The van der Waals surface area contributed by atoms with Gasteiger partial charge in [0.15, 0.2) is 6.23 Å². The van der Waals surface area contributed by atoms with Crippen LogP contribution < -0.4 is 10.6 Å². The second kappa shape index (κ2) is 7.88. The molecule has 0 aliphatic carbocycles. The van der Waals surface area contributed by atoms with Crippen LogP contribution in [0.25, 0.3) is 0 Å². The summed E-state index contributed by atoms with van der Waals surface area (Å²) in [4.78, 5) is 14.9. The summed E-state index contributed by atoms with van der Waals surface area (Å²) >= 11 is 0. The molecule has 2 heterocycles. The molecule has 8 heteroatoms. The minimum Gasteiger partial charge on any atom is -0.369 e. The Labute approximate surface area is 162 Å². The number of anilines is 2. The van der Waals surface area contributed by atoms with Gasteiger partial charge in [-0.15, -0.1) is 0 Å². The first-order chi connectivity index (χ1) is 12.4. The molecule has 152 valence electrons. The van der Waals surface area contributed by atoms with Gasteiger partial charge in [0, 0.05) is 26.2 Å². The summed E-state index contributed by atoms with van der Waals surface area (Å²) in [6.07, 6.45) is 2.79. The molecule has 0 amide bonds. The summed E-state index contributed by atoms with van der Waals surface area (Å²) in [6, 6.07) is 0. The highest BCUT2D eigenvalue weighted by Gasteiger charge is 2.32. The van der Waals surface area contributed by atoms with Crippen LogP contribution >= 0.6 is 0 Å². The first-order valence-electron chi connectivity index (χ1n) is 9.49. The number of aromatic nitrogens is 2. The van der Waals surface area contributed by atoms with Crippen molar-refractivity contribution in [3.05, 3.63) is 5.69 Å². The molecule has 1 unspecified atom stereocenters. The smallest absolute Gasteiger partial charge is 0.228 e. The number of hydrogen-bond acceptors (Lipinski definition) is 6. The Bertz CT molecular complexity index is 705. The van der Waals surface area contributed by atoms with E-state index >= 15 is 0 Å². The highest BCUT2D eigenvalue weighted by Crippen LogP contribution is 2.36. The molecule has 0 saturated heterocycles. The molecule has 27 heavy (non-hydrogen) atoms. The second-order valence-corrected chi connectivity index (χ2v) is 9.43. The summed E-state index contributed by atoms with van der Waals surface area (Å²) in [6.45, 7) is 13.9. The van der Waals surface area contributed by atoms with E-state index in [2.05, 4.69) is 71.7 Å². The molecular formula is C19H35N7O. The second-order valence-electron chi connectivity index (χ2n) is 9.43.